The molecule has 0 spiro atoms. The number of likely N-dealkylation sites (tertiary alicyclic amines) is 1. The molecule has 1 aliphatic heterocycles. The van der Waals surface area contributed by atoms with Crippen LogP contribution in [0.3, 0.4) is 0 Å². The lowest BCUT2D eigenvalue weighted by atomic mass is 9.86. The predicted molar refractivity (Wildman–Crippen MR) is 196 cm³/mol. The van der Waals surface area contributed by atoms with Gasteiger partial charge >= 0.3 is 6.03 Å². The number of nitriles is 1. The summed E-state index contributed by atoms with van der Waals surface area (Å²) in [4.78, 5) is 27.5. The summed E-state index contributed by atoms with van der Waals surface area (Å²) in [6.07, 6.45) is 4.30. The first-order valence-corrected chi connectivity index (χ1v) is 18.6. The van der Waals surface area contributed by atoms with Crippen molar-refractivity contribution in [2.24, 2.45) is 5.73 Å². The zero-order chi connectivity index (χ0) is 35.3. The number of benzene rings is 4. The molecular formula is C38H41Cl2N4O4S+. The van der Waals surface area contributed by atoms with Crippen molar-refractivity contribution in [3.63, 3.8) is 0 Å². The fourth-order valence-corrected chi connectivity index (χ4v) is 8.25. The standard InChI is InChI=1S/C38H40Cl2N4O4S/c1-24(43-37(45)33-20-25(23-41)19-29-6-4-5-7-31(29)33)18-28(27-8-11-34(39)35(40)21-27)14-17-44(38(42)46)15-12-26(13-16-44)32-10-9-30(48-2)22-36(32)49(3)47/h4-11,19-22,24,26,28H,12-18H2,1-3H3,(H2-,42,43,45,46)/p+1/t24-,26?,28?,44?,49+/m1/s1. The molecule has 49 heavy (non-hydrogen) atoms. The summed E-state index contributed by atoms with van der Waals surface area (Å²) in [7, 11) is 0.401. The van der Waals surface area contributed by atoms with E-state index in [0.29, 0.717) is 59.4 Å². The topological polar surface area (TPSA) is 122 Å². The van der Waals surface area contributed by atoms with Gasteiger partial charge in [-0.2, -0.15) is 5.26 Å². The van der Waals surface area contributed by atoms with Crippen LogP contribution in [0.4, 0.5) is 4.79 Å². The second kappa shape index (κ2) is 15.7. The zero-order valence-corrected chi connectivity index (χ0v) is 30.2. The molecule has 0 radical (unpaired) electrons. The van der Waals surface area contributed by atoms with Crippen LogP contribution in [0.1, 0.15) is 71.5 Å². The van der Waals surface area contributed by atoms with Crippen LogP contribution >= 0.6 is 23.2 Å². The third-order valence-electron chi connectivity index (χ3n) is 9.82. The fourth-order valence-electron chi connectivity index (χ4n) is 7.10. The first-order chi connectivity index (χ1) is 23.4. The van der Waals surface area contributed by atoms with Gasteiger partial charge in [0, 0.05) is 42.0 Å². The van der Waals surface area contributed by atoms with Crippen molar-refractivity contribution in [3.8, 4) is 11.8 Å². The molecule has 0 saturated carbocycles. The van der Waals surface area contributed by atoms with Crippen molar-refractivity contribution in [1.82, 2.24) is 5.32 Å². The molecule has 4 aromatic carbocycles. The number of carbonyl (C=O) groups is 2. The summed E-state index contributed by atoms with van der Waals surface area (Å²) in [6.45, 7) is 3.58. The van der Waals surface area contributed by atoms with Crippen molar-refractivity contribution < 1.29 is 23.0 Å². The van der Waals surface area contributed by atoms with E-state index < -0.39 is 10.8 Å². The number of nitrogens with one attached hydrogen (secondary N) is 1. The normalized spacial score (nSPS) is 19.4. The fraction of sp³-hybridized carbons (Fsp3) is 0.342. The van der Waals surface area contributed by atoms with Crippen LogP contribution in [-0.4, -0.2) is 59.7 Å². The van der Waals surface area contributed by atoms with E-state index in [1.54, 1.807) is 31.6 Å². The van der Waals surface area contributed by atoms with Crippen LogP contribution in [0.15, 0.2) is 77.7 Å². The molecule has 0 aliphatic carbocycles. The number of nitrogens with zero attached hydrogens (tertiary/aromatic N) is 2. The van der Waals surface area contributed by atoms with Crippen molar-refractivity contribution in [3.05, 3.63) is 105 Å². The Balaban J connectivity index is 1.34. The quantitative estimate of drug-likeness (QED) is 0.153. The molecule has 1 unspecified atom stereocenters. The van der Waals surface area contributed by atoms with E-state index >= 15 is 0 Å². The van der Waals surface area contributed by atoms with Gasteiger partial charge in [-0.1, -0.05) is 59.6 Å². The number of methoxy groups -OCH3 is 1. The van der Waals surface area contributed by atoms with Crippen LogP contribution in [0.5, 0.6) is 5.75 Å². The summed E-state index contributed by atoms with van der Waals surface area (Å²) < 4.78 is 18.1. The summed E-state index contributed by atoms with van der Waals surface area (Å²) in [6, 6.07) is 23.7. The van der Waals surface area contributed by atoms with Gasteiger partial charge in [0.05, 0.1) is 59.2 Å². The lowest BCUT2D eigenvalue weighted by molar-refractivity contribution is -0.855. The lowest BCUT2D eigenvalue weighted by Gasteiger charge is -2.41. The van der Waals surface area contributed by atoms with E-state index in [1.165, 1.54) is 0 Å². The minimum absolute atomic E-state index is 0.0740. The Labute approximate surface area is 300 Å². The first-order valence-electron chi connectivity index (χ1n) is 16.3. The number of nitrogens with two attached hydrogens (primary N) is 1. The zero-order valence-electron chi connectivity index (χ0n) is 27.9. The molecule has 3 amide bonds. The molecular weight excluding hydrogens is 679 g/mol. The molecule has 1 heterocycles. The number of urea groups is 1. The average molecular weight is 721 g/mol. The number of amides is 3. The molecule has 5 rings (SSSR count). The van der Waals surface area contributed by atoms with Gasteiger partial charge in [-0.25, -0.2) is 9.28 Å². The Morgan fingerprint density at radius 1 is 1.06 bits per heavy atom. The molecule has 0 aromatic heterocycles. The Morgan fingerprint density at radius 2 is 1.80 bits per heavy atom. The molecule has 3 N–H and O–H groups in total. The maximum absolute atomic E-state index is 13.6. The van der Waals surface area contributed by atoms with E-state index in [2.05, 4.69) is 11.4 Å². The number of rotatable bonds is 11. The number of carbonyl (C=O) groups excluding carboxylic acids is 2. The van der Waals surface area contributed by atoms with E-state index in [4.69, 9.17) is 33.7 Å². The van der Waals surface area contributed by atoms with E-state index in [0.717, 1.165) is 39.6 Å². The Kier molecular flexibility index (Phi) is 11.7. The van der Waals surface area contributed by atoms with Crippen molar-refractivity contribution in [1.29, 1.82) is 5.26 Å². The van der Waals surface area contributed by atoms with Crippen LogP contribution in [0, 0.1) is 11.3 Å². The number of quaternary nitrogens is 1. The summed E-state index contributed by atoms with van der Waals surface area (Å²) in [5, 5.41) is 15.2. The molecule has 1 saturated heterocycles. The molecule has 11 heteroatoms. The molecule has 8 nitrogen and oxygen atoms in total. The maximum Gasteiger partial charge on any atom is 0.414 e. The largest absolute Gasteiger partial charge is 0.497 e. The van der Waals surface area contributed by atoms with Gasteiger partial charge in [0.1, 0.15) is 5.75 Å². The number of halogens is 2. The predicted octanol–water partition coefficient (Wildman–Crippen LogP) is 7.92. The second-order valence-electron chi connectivity index (χ2n) is 12.9. The smallest absolute Gasteiger partial charge is 0.414 e. The average Bonchev–Trinajstić information content (AvgIpc) is 3.10. The number of hydrogen-bond acceptors (Lipinski definition) is 5. The highest BCUT2D eigenvalue weighted by Crippen LogP contribution is 2.38. The summed E-state index contributed by atoms with van der Waals surface area (Å²) in [5.41, 5.74) is 8.96. The van der Waals surface area contributed by atoms with Gasteiger partial charge in [0.15, 0.2) is 0 Å². The van der Waals surface area contributed by atoms with Gasteiger partial charge in [0.2, 0.25) is 0 Å². The van der Waals surface area contributed by atoms with Gasteiger partial charge in [-0.15, -0.1) is 0 Å². The van der Waals surface area contributed by atoms with E-state index in [1.807, 2.05) is 61.5 Å². The summed E-state index contributed by atoms with van der Waals surface area (Å²) in [5.74, 6) is 0.472. The van der Waals surface area contributed by atoms with Crippen molar-refractivity contribution in [2.75, 3.05) is 33.0 Å². The van der Waals surface area contributed by atoms with Gasteiger partial charge < -0.3 is 15.8 Å². The van der Waals surface area contributed by atoms with E-state index in [9.17, 15) is 19.1 Å². The first kappa shape index (κ1) is 36.3. The highest BCUT2D eigenvalue weighted by atomic mass is 35.5. The number of ether oxygens (including phenoxy) is 1. The minimum atomic E-state index is -1.19. The van der Waals surface area contributed by atoms with E-state index in [-0.39, 0.29) is 34.3 Å². The van der Waals surface area contributed by atoms with Crippen LogP contribution in [0.2, 0.25) is 10.0 Å². The van der Waals surface area contributed by atoms with Crippen molar-refractivity contribution >= 4 is 56.7 Å². The highest BCUT2D eigenvalue weighted by molar-refractivity contribution is 7.84. The third kappa shape index (κ3) is 8.27. The molecule has 1 aliphatic rings. The van der Waals surface area contributed by atoms with Crippen LogP contribution < -0.4 is 15.8 Å². The minimum Gasteiger partial charge on any atom is -0.497 e. The van der Waals surface area contributed by atoms with Crippen molar-refractivity contribution in [2.45, 2.75) is 55.4 Å². The molecule has 1 fully saturated rings. The number of primary amides is 1. The molecule has 0 bridgehead atoms. The Morgan fingerprint density at radius 3 is 2.45 bits per heavy atom. The number of piperidine rings is 1. The molecule has 256 valence electrons. The van der Waals surface area contributed by atoms with Gasteiger partial charge in [-0.05, 0) is 83.5 Å². The monoisotopic (exact) mass is 719 g/mol. The lowest BCUT2D eigenvalue weighted by Crippen LogP contribution is -2.59. The third-order valence-corrected chi connectivity index (χ3v) is 11.5. The molecule has 3 atom stereocenters. The van der Waals surface area contributed by atoms with Gasteiger partial charge in [-0.3, -0.25) is 9.00 Å². The summed E-state index contributed by atoms with van der Waals surface area (Å²) >= 11 is 12.7. The Hall–Kier alpha value is -3.94. The van der Waals surface area contributed by atoms with Gasteiger partial charge in [0.25, 0.3) is 5.91 Å². The maximum atomic E-state index is 13.6. The second-order valence-corrected chi connectivity index (χ2v) is 15.1. The SMILES string of the molecule is COc1ccc(C2CC[N+](CCC(C[C@@H](C)NC(=O)c3cc(C#N)cc4ccccc34)c3ccc(Cl)c(Cl)c3)(C(N)=O)CC2)c([S@](C)=O)c1. The molecule has 4 aromatic rings. The van der Waals surface area contributed by atoms with Crippen LogP contribution in [0.25, 0.3) is 10.8 Å². The number of hydrogen-bond donors (Lipinski definition) is 2. The number of fused-ring (bicyclic) bond motifs is 1. The Bertz CT molecular complexity index is 1940. The highest BCUT2D eigenvalue weighted by Gasteiger charge is 2.41. The van der Waals surface area contributed by atoms with Crippen LogP contribution in [-0.2, 0) is 10.8 Å².